The Hall–Kier alpha value is -3.18. The van der Waals surface area contributed by atoms with Crippen LogP contribution in [0.1, 0.15) is 25.6 Å². The Balaban J connectivity index is 1.51. The number of hydrogen-bond acceptors (Lipinski definition) is 5. The number of hydrogen-bond donors (Lipinski definition) is 0. The van der Waals surface area contributed by atoms with Gasteiger partial charge in [0.1, 0.15) is 12.0 Å². The Morgan fingerprint density at radius 1 is 0.800 bits per heavy atom. The Morgan fingerprint density at radius 3 is 2.37 bits per heavy atom. The second-order valence-corrected chi connectivity index (χ2v) is 8.16. The molecule has 0 N–H and O–H groups in total. The van der Waals surface area contributed by atoms with Gasteiger partial charge in [-0.15, -0.1) is 0 Å². The molecule has 30 heavy (non-hydrogen) atoms. The molecule has 3 atom stereocenters. The monoisotopic (exact) mass is 397 g/mol. The smallest absolute Gasteiger partial charge is 0.128 e. The van der Waals surface area contributed by atoms with Crippen molar-refractivity contribution in [3.63, 3.8) is 0 Å². The maximum atomic E-state index is 4.76. The average molecular weight is 398 g/mol. The Kier molecular flexibility index (Phi) is 4.97. The lowest BCUT2D eigenvalue weighted by Gasteiger charge is -2.50. The molecule has 3 aromatic rings. The number of aromatic nitrogens is 1. The summed E-state index contributed by atoms with van der Waals surface area (Å²) in [5.74, 6) is 1.06. The van der Waals surface area contributed by atoms with Crippen LogP contribution in [0.2, 0.25) is 0 Å². The zero-order chi connectivity index (χ0) is 20.5. The first-order chi connectivity index (χ1) is 14.7. The van der Waals surface area contributed by atoms with Crippen molar-refractivity contribution >= 4 is 23.5 Å². The molecule has 1 saturated heterocycles. The van der Waals surface area contributed by atoms with Crippen molar-refractivity contribution in [2.45, 2.75) is 32.1 Å². The molecule has 2 aliphatic rings. The first-order valence-electron chi connectivity index (χ1n) is 10.6. The number of nitrogens with zero attached hydrogens (tertiary/aromatic N) is 5. The fourth-order valence-electron chi connectivity index (χ4n) is 4.64. The van der Waals surface area contributed by atoms with Gasteiger partial charge in [-0.05, 0) is 44.2 Å². The van der Waals surface area contributed by atoms with Gasteiger partial charge in [0.25, 0.3) is 0 Å². The summed E-state index contributed by atoms with van der Waals surface area (Å²) in [4.78, 5) is 16.7. The highest BCUT2D eigenvalue weighted by atomic mass is 15.4. The van der Waals surface area contributed by atoms with E-state index in [1.807, 2.05) is 18.6 Å². The lowest BCUT2D eigenvalue weighted by atomic mass is 10.0. The summed E-state index contributed by atoms with van der Waals surface area (Å²) >= 11 is 0. The fraction of sp³-hybridized carbons (Fsp3) is 0.280. The molecule has 1 fully saturated rings. The van der Waals surface area contributed by atoms with Gasteiger partial charge >= 0.3 is 0 Å². The third kappa shape index (κ3) is 3.35. The number of anilines is 2. The van der Waals surface area contributed by atoms with Crippen LogP contribution in [0.4, 0.5) is 17.2 Å². The molecule has 2 aliphatic heterocycles. The van der Waals surface area contributed by atoms with Crippen molar-refractivity contribution in [2.75, 3.05) is 22.9 Å². The van der Waals surface area contributed by atoms with Gasteiger partial charge in [0.15, 0.2) is 0 Å². The second-order valence-electron chi connectivity index (χ2n) is 8.16. The molecule has 5 heteroatoms. The summed E-state index contributed by atoms with van der Waals surface area (Å²) in [5, 5.41) is 0. The van der Waals surface area contributed by atoms with E-state index in [2.05, 4.69) is 100 Å². The van der Waals surface area contributed by atoms with E-state index in [-0.39, 0.29) is 6.17 Å². The van der Waals surface area contributed by atoms with Gasteiger partial charge in [-0.3, -0.25) is 4.90 Å². The lowest BCUT2D eigenvalue weighted by molar-refractivity contribution is 0.114. The molecule has 1 unspecified atom stereocenters. The number of pyridine rings is 1. The summed E-state index contributed by atoms with van der Waals surface area (Å²) in [6.07, 6.45) is 3.99. The highest BCUT2D eigenvalue weighted by Crippen LogP contribution is 2.40. The van der Waals surface area contributed by atoms with Gasteiger partial charge in [0, 0.05) is 42.6 Å². The van der Waals surface area contributed by atoms with E-state index in [0.29, 0.717) is 12.1 Å². The summed E-state index contributed by atoms with van der Waals surface area (Å²) in [6.45, 7) is 6.51. The number of para-hydroxylation sites is 2. The normalized spacial score (nSPS) is 24.0. The third-order valence-corrected chi connectivity index (χ3v) is 6.15. The minimum Gasteiger partial charge on any atom is -0.351 e. The third-order valence-electron chi connectivity index (χ3n) is 6.15. The van der Waals surface area contributed by atoms with Crippen LogP contribution in [0.15, 0.2) is 84.0 Å². The van der Waals surface area contributed by atoms with Gasteiger partial charge in [0.05, 0.1) is 12.0 Å². The van der Waals surface area contributed by atoms with Crippen LogP contribution in [0.3, 0.4) is 0 Å². The van der Waals surface area contributed by atoms with E-state index >= 15 is 0 Å². The second kappa shape index (κ2) is 7.92. The lowest BCUT2D eigenvalue weighted by Crippen LogP contribution is -2.60. The van der Waals surface area contributed by atoms with Crippen LogP contribution < -0.4 is 9.80 Å². The highest BCUT2D eigenvalue weighted by Gasteiger charge is 2.39. The fourth-order valence-corrected chi connectivity index (χ4v) is 4.64. The maximum absolute atomic E-state index is 4.76. The molecular weight excluding hydrogens is 370 g/mol. The molecule has 0 aliphatic carbocycles. The predicted molar refractivity (Wildman–Crippen MR) is 123 cm³/mol. The number of piperazine rings is 1. The van der Waals surface area contributed by atoms with Gasteiger partial charge in [0.2, 0.25) is 0 Å². The molecule has 0 bridgehead atoms. The van der Waals surface area contributed by atoms with E-state index < -0.39 is 0 Å². The van der Waals surface area contributed by atoms with E-state index in [1.54, 1.807) is 0 Å². The van der Waals surface area contributed by atoms with E-state index in [0.717, 1.165) is 30.3 Å². The maximum Gasteiger partial charge on any atom is 0.128 e. The molecule has 0 amide bonds. The minimum atomic E-state index is 0.115. The number of rotatable bonds is 3. The van der Waals surface area contributed by atoms with Gasteiger partial charge in [-0.1, -0.05) is 42.5 Å². The van der Waals surface area contributed by atoms with Crippen LogP contribution >= 0.6 is 0 Å². The van der Waals surface area contributed by atoms with E-state index in [9.17, 15) is 0 Å². The highest BCUT2D eigenvalue weighted by molar-refractivity contribution is 5.85. The zero-order valence-electron chi connectivity index (χ0n) is 17.5. The zero-order valence-corrected chi connectivity index (χ0v) is 17.5. The van der Waals surface area contributed by atoms with Gasteiger partial charge in [-0.2, -0.15) is 0 Å². The molecule has 5 rings (SSSR count). The molecule has 0 radical (unpaired) electrons. The van der Waals surface area contributed by atoms with Crippen molar-refractivity contribution in [3.05, 3.63) is 84.6 Å². The molecule has 1 aromatic heterocycles. The van der Waals surface area contributed by atoms with E-state index in [1.165, 1.54) is 5.56 Å². The molecule has 2 aromatic carbocycles. The molecule has 0 saturated carbocycles. The van der Waals surface area contributed by atoms with Crippen molar-refractivity contribution in [1.29, 1.82) is 0 Å². The van der Waals surface area contributed by atoms with Crippen LogP contribution in [-0.4, -0.2) is 41.4 Å². The van der Waals surface area contributed by atoms with Crippen molar-refractivity contribution in [3.8, 4) is 0 Å². The Labute approximate surface area is 178 Å². The number of fused-ring (bicyclic) bond motifs is 1. The van der Waals surface area contributed by atoms with Crippen LogP contribution in [0.5, 0.6) is 0 Å². The van der Waals surface area contributed by atoms with Crippen molar-refractivity contribution < 1.29 is 0 Å². The van der Waals surface area contributed by atoms with E-state index in [4.69, 9.17) is 4.99 Å². The first-order valence-corrected chi connectivity index (χ1v) is 10.6. The van der Waals surface area contributed by atoms with Gasteiger partial charge in [-0.25, -0.2) is 9.98 Å². The van der Waals surface area contributed by atoms with Crippen LogP contribution in [0.25, 0.3) is 0 Å². The quantitative estimate of drug-likeness (QED) is 0.632. The summed E-state index contributed by atoms with van der Waals surface area (Å²) in [7, 11) is 0. The standard InChI is InChI=1S/C25H27N5/c1-19-17-29(20(2)16-28(19)24-14-8-9-15-26-24)25-22-12-6-7-13-23(22)27-18-30(25)21-10-4-3-5-11-21/h3-15,18-20,25H,16-17H2,1-2H3/t19-,20-,25?/m1/s1. The average Bonchev–Trinajstić information content (AvgIpc) is 2.81. The Morgan fingerprint density at radius 2 is 1.57 bits per heavy atom. The Bertz CT molecular complexity index is 1020. The topological polar surface area (TPSA) is 35.0 Å². The SMILES string of the molecule is C[C@@H]1CN(C2c3ccccc3N=CN2c2ccccc2)[C@H](C)CN1c1ccccn1. The minimum absolute atomic E-state index is 0.115. The van der Waals surface area contributed by atoms with Gasteiger partial charge < -0.3 is 9.80 Å². The van der Waals surface area contributed by atoms with Crippen molar-refractivity contribution in [1.82, 2.24) is 9.88 Å². The molecule has 3 heterocycles. The largest absolute Gasteiger partial charge is 0.351 e. The molecule has 5 nitrogen and oxygen atoms in total. The first kappa shape index (κ1) is 18.8. The van der Waals surface area contributed by atoms with Crippen molar-refractivity contribution in [2.24, 2.45) is 4.99 Å². The summed E-state index contributed by atoms with van der Waals surface area (Å²) < 4.78 is 0. The van der Waals surface area contributed by atoms with Crippen LogP contribution in [0, 0.1) is 0 Å². The summed E-state index contributed by atoms with van der Waals surface area (Å²) in [6, 6.07) is 25.9. The number of aliphatic imine (C=N–C) groups is 1. The molecular formula is C25H27N5. The number of benzene rings is 2. The molecule has 0 spiro atoms. The van der Waals surface area contributed by atoms with Crippen LogP contribution in [-0.2, 0) is 0 Å². The molecule has 152 valence electrons. The predicted octanol–water partition coefficient (Wildman–Crippen LogP) is 4.86. The summed E-state index contributed by atoms with van der Waals surface area (Å²) in [5.41, 5.74) is 3.48.